The monoisotopic (exact) mass is 661 g/mol. The molecule has 1 aromatic carbocycles. The first-order valence-electron chi connectivity index (χ1n) is 17.5. The average molecular weight is 662 g/mol. The van der Waals surface area contributed by atoms with Gasteiger partial charge in [0.2, 0.25) is 11.8 Å². The van der Waals surface area contributed by atoms with E-state index in [1.807, 2.05) is 0 Å². The van der Waals surface area contributed by atoms with Gasteiger partial charge in [0.25, 0.3) is 11.8 Å². The zero-order valence-corrected chi connectivity index (χ0v) is 28.2. The van der Waals surface area contributed by atoms with E-state index in [-0.39, 0.29) is 24.0 Å². The van der Waals surface area contributed by atoms with Crippen LogP contribution in [0.4, 0.5) is 5.69 Å². The average Bonchev–Trinajstić information content (AvgIpc) is 3.32. The number of nitrogens with zero attached hydrogens (tertiary/aromatic N) is 1. The third-order valence-corrected chi connectivity index (χ3v) is 8.16. The number of imide groups is 2. The minimum atomic E-state index is -0.996. The Bertz CT molecular complexity index is 1100. The zero-order valence-electron chi connectivity index (χ0n) is 28.2. The largest absolute Gasteiger partial charge is 0.382 e. The zero-order chi connectivity index (χ0) is 33.5. The maximum atomic E-state index is 13.1. The fourth-order valence-electron chi connectivity index (χ4n) is 5.59. The number of piperidine rings is 1. The molecule has 1 aromatic rings. The number of carbonyl (C=O) groups excluding carboxylic acids is 4. The van der Waals surface area contributed by atoms with Gasteiger partial charge < -0.3 is 29.0 Å². The van der Waals surface area contributed by atoms with Crippen molar-refractivity contribution in [3.63, 3.8) is 0 Å². The summed E-state index contributed by atoms with van der Waals surface area (Å²) in [7, 11) is 0. The second kappa shape index (κ2) is 23.4. The van der Waals surface area contributed by atoms with Crippen LogP contribution in [0.1, 0.15) is 105 Å². The van der Waals surface area contributed by atoms with E-state index in [0.29, 0.717) is 71.7 Å². The van der Waals surface area contributed by atoms with Gasteiger partial charge in [-0.15, -0.1) is 0 Å². The van der Waals surface area contributed by atoms with Crippen LogP contribution in [0.5, 0.6) is 0 Å². The molecule has 1 unspecified atom stereocenters. The van der Waals surface area contributed by atoms with Gasteiger partial charge in [-0.3, -0.25) is 29.4 Å². The summed E-state index contributed by atoms with van der Waals surface area (Å²) in [4.78, 5) is 50.8. The molecule has 1 atom stereocenters. The Labute approximate surface area is 279 Å². The van der Waals surface area contributed by atoms with Gasteiger partial charge in [-0.05, 0) is 25.0 Å². The van der Waals surface area contributed by atoms with Crippen LogP contribution in [0.25, 0.3) is 0 Å². The van der Waals surface area contributed by atoms with Crippen molar-refractivity contribution in [3.05, 3.63) is 29.3 Å². The lowest BCUT2D eigenvalue weighted by Crippen LogP contribution is -2.54. The predicted octanol–water partition coefficient (Wildman–Crippen LogP) is 4.50. The summed E-state index contributed by atoms with van der Waals surface area (Å²) >= 11 is 0. The first-order valence-corrected chi connectivity index (χ1v) is 17.5. The van der Waals surface area contributed by atoms with Crippen molar-refractivity contribution in [1.29, 1.82) is 0 Å². The van der Waals surface area contributed by atoms with Gasteiger partial charge >= 0.3 is 0 Å². The molecule has 12 nitrogen and oxygen atoms in total. The van der Waals surface area contributed by atoms with Gasteiger partial charge in [-0.25, -0.2) is 0 Å². The van der Waals surface area contributed by atoms with Crippen molar-refractivity contribution in [1.82, 2.24) is 10.2 Å². The molecule has 12 heteroatoms. The van der Waals surface area contributed by atoms with Crippen molar-refractivity contribution in [2.75, 3.05) is 77.9 Å². The third-order valence-electron chi connectivity index (χ3n) is 8.16. The number of fused-ring (bicyclic) bond motifs is 1. The first kappa shape index (κ1) is 38.5. The Morgan fingerprint density at radius 1 is 0.681 bits per heavy atom. The highest BCUT2D eigenvalue weighted by Crippen LogP contribution is 2.32. The molecule has 0 radical (unpaired) electrons. The van der Waals surface area contributed by atoms with E-state index in [1.54, 1.807) is 18.2 Å². The molecule has 0 bridgehead atoms. The molecule has 4 amide bonds. The number of nitrogens with one attached hydrogen (secondary N) is 2. The van der Waals surface area contributed by atoms with Crippen LogP contribution in [-0.4, -0.2) is 107 Å². The lowest BCUT2D eigenvalue weighted by molar-refractivity contribution is -0.136. The molecule has 0 aromatic heterocycles. The first-order chi connectivity index (χ1) is 23.0. The quantitative estimate of drug-likeness (QED) is 0.0974. The summed E-state index contributed by atoms with van der Waals surface area (Å²) in [6.07, 6.45) is 13.4. The lowest BCUT2D eigenvalue weighted by atomic mass is 10.0. The molecule has 47 heavy (non-hydrogen) atoms. The SMILES string of the molecule is CCCCCCCCCCCCOCCOCCOCCOCCOCCNc1cccc2c1C(=O)N(C1CCC(=O)NC1=O)C2=O. The molecule has 0 saturated carbocycles. The Hall–Kier alpha value is -2.90. The number of carbonyl (C=O) groups is 4. The number of hydrogen-bond donors (Lipinski definition) is 2. The minimum Gasteiger partial charge on any atom is -0.382 e. The molecule has 1 fully saturated rings. The van der Waals surface area contributed by atoms with Crippen LogP contribution in [0.3, 0.4) is 0 Å². The number of anilines is 1. The highest BCUT2D eigenvalue weighted by molar-refractivity contribution is 6.25. The van der Waals surface area contributed by atoms with Crippen LogP contribution in [-0.2, 0) is 33.3 Å². The highest BCUT2D eigenvalue weighted by atomic mass is 16.6. The number of unbranched alkanes of at least 4 members (excludes halogenated alkanes) is 9. The summed E-state index contributed by atoms with van der Waals surface area (Å²) in [6.45, 7) is 7.81. The Balaban J connectivity index is 1.09. The van der Waals surface area contributed by atoms with Gasteiger partial charge in [-0.1, -0.05) is 70.8 Å². The van der Waals surface area contributed by atoms with E-state index >= 15 is 0 Å². The van der Waals surface area contributed by atoms with Crippen LogP contribution in [0, 0.1) is 0 Å². The van der Waals surface area contributed by atoms with Gasteiger partial charge in [0, 0.05) is 25.3 Å². The number of rotatable bonds is 28. The Morgan fingerprint density at radius 3 is 1.79 bits per heavy atom. The number of amides is 4. The number of benzene rings is 1. The molecule has 0 spiro atoms. The second-order valence-corrected chi connectivity index (χ2v) is 11.8. The van der Waals surface area contributed by atoms with Gasteiger partial charge in [-0.2, -0.15) is 0 Å². The molecule has 2 aliphatic heterocycles. The summed E-state index contributed by atoms with van der Waals surface area (Å²) < 4.78 is 27.8. The van der Waals surface area contributed by atoms with E-state index in [1.165, 1.54) is 57.8 Å². The van der Waals surface area contributed by atoms with E-state index in [4.69, 9.17) is 23.7 Å². The molecule has 0 aliphatic carbocycles. The molecule has 2 aliphatic rings. The molecule has 3 rings (SSSR count). The predicted molar refractivity (Wildman–Crippen MR) is 178 cm³/mol. The van der Waals surface area contributed by atoms with Crippen molar-refractivity contribution in [2.24, 2.45) is 0 Å². The molecule has 1 saturated heterocycles. The standard InChI is InChI=1S/C35H55N3O9/c1-2-3-4-5-6-7-8-9-10-11-18-43-20-22-45-24-26-47-27-25-46-23-21-44-19-17-36-29-14-12-13-28-32(29)35(42)38(34(28)41)30-15-16-31(39)37-33(30)40/h12-14,30,36H,2-11,15-27H2,1H3,(H,37,39,40). The van der Waals surface area contributed by atoms with E-state index in [2.05, 4.69) is 17.6 Å². The molecular formula is C35H55N3O9. The van der Waals surface area contributed by atoms with Crippen LogP contribution in [0.2, 0.25) is 0 Å². The van der Waals surface area contributed by atoms with Crippen molar-refractivity contribution in [2.45, 2.75) is 90.0 Å². The number of hydrogen-bond acceptors (Lipinski definition) is 10. The smallest absolute Gasteiger partial charge is 0.264 e. The van der Waals surface area contributed by atoms with Crippen LogP contribution < -0.4 is 10.6 Å². The Kier molecular flexibility index (Phi) is 19.2. The maximum absolute atomic E-state index is 13.1. The van der Waals surface area contributed by atoms with Crippen molar-refractivity contribution in [3.8, 4) is 0 Å². The van der Waals surface area contributed by atoms with Gasteiger partial charge in [0.15, 0.2) is 0 Å². The molecular weight excluding hydrogens is 606 g/mol. The van der Waals surface area contributed by atoms with Crippen LogP contribution >= 0.6 is 0 Å². The fraction of sp³-hybridized carbons (Fsp3) is 0.714. The summed E-state index contributed by atoms with van der Waals surface area (Å²) in [5.74, 6) is -2.12. The molecule has 2 N–H and O–H groups in total. The van der Waals surface area contributed by atoms with E-state index < -0.39 is 29.7 Å². The van der Waals surface area contributed by atoms with Gasteiger partial charge in [0.1, 0.15) is 6.04 Å². The Morgan fingerprint density at radius 2 is 1.21 bits per heavy atom. The second-order valence-electron chi connectivity index (χ2n) is 11.8. The van der Waals surface area contributed by atoms with Gasteiger partial charge in [0.05, 0.1) is 70.6 Å². The van der Waals surface area contributed by atoms with E-state index in [0.717, 1.165) is 17.9 Å². The fourth-order valence-corrected chi connectivity index (χ4v) is 5.59. The lowest BCUT2D eigenvalue weighted by Gasteiger charge is -2.27. The summed E-state index contributed by atoms with van der Waals surface area (Å²) in [6, 6.07) is 3.95. The molecule has 2 heterocycles. The highest BCUT2D eigenvalue weighted by Gasteiger charge is 2.45. The summed E-state index contributed by atoms with van der Waals surface area (Å²) in [5.41, 5.74) is 0.953. The number of ether oxygens (including phenoxy) is 5. The normalized spacial score (nSPS) is 16.2. The third kappa shape index (κ3) is 14.0. The van der Waals surface area contributed by atoms with Crippen LogP contribution in [0.15, 0.2) is 18.2 Å². The topological polar surface area (TPSA) is 142 Å². The molecule has 264 valence electrons. The van der Waals surface area contributed by atoms with Crippen molar-refractivity contribution < 1.29 is 42.9 Å². The maximum Gasteiger partial charge on any atom is 0.264 e. The minimum absolute atomic E-state index is 0.0771. The van der Waals surface area contributed by atoms with E-state index in [9.17, 15) is 19.2 Å². The summed E-state index contributed by atoms with van der Waals surface area (Å²) in [5, 5.41) is 5.35. The van der Waals surface area contributed by atoms with Crippen molar-refractivity contribution >= 4 is 29.3 Å².